The molecule has 0 saturated carbocycles. The highest BCUT2D eigenvalue weighted by molar-refractivity contribution is 5.86. The lowest BCUT2D eigenvalue weighted by atomic mass is 10.0. The molecule has 0 bridgehead atoms. The van der Waals surface area contributed by atoms with E-state index in [1.54, 1.807) is 0 Å². The fourth-order valence-electron chi connectivity index (χ4n) is 1.80. The van der Waals surface area contributed by atoms with Crippen molar-refractivity contribution in [2.75, 3.05) is 13.2 Å². The number of hydrogen-bond donors (Lipinski definition) is 1. The molecule has 1 fully saturated rings. The summed E-state index contributed by atoms with van der Waals surface area (Å²) in [5.74, 6) is 0.718. The number of ether oxygens (including phenoxy) is 2. The van der Waals surface area contributed by atoms with Gasteiger partial charge in [-0.15, -0.1) is 0 Å². The van der Waals surface area contributed by atoms with E-state index >= 15 is 0 Å². The zero-order chi connectivity index (χ0) is 13.8. The topological polar surface area (TPSA) is 50.9 Å². The second kappa shape index (κ2) is 5.89. The molecule has 1 atom stereocenters. The van der Waals surface area contributed by atoms with Gasteiger partial charge in [-0.3, -0.25) is 4.79 Å². The van der Waals surface area contributed by atoms with Gasteiger partial charge in [-0.1, -0.05) is 12.6 Å². The number of amides is 1. The van der Waals surface area contributed by atoms with Crippen LogP contribution in [0, 0.1) is 13.8 Å². The molecule has 19 heavy (non-hydrogen) atoms. The largest absolute Gasteiger partial charge is 0.491 e. The summed E-state index contributed by atoms with van der Waals surface area (Å²) in [7, 11) is 0. The number of benzene rings is 1. The molecule has 4 nitrogen and oxygen atoms in total. The van der Waals surface area contributed by atoms with Crippen molar-refractivity contribution in [2.45, 2.75) is 26.5 Å². The van der Waals surface area contributed by atoms with Crippen LogP contribution in [0.2, 0.25) is 0 Å². The van der Waals surface area contributed by atoms with Crippen LogP contribution in [0.25, 0.3) is 0 Å². The molecule has 1 aromatic rings. The van der Waals surface area contributed by atoms with E-state index in [1.165, 1.54) is 6.08 Å². The number of nitrogens with one attached hydrogen (secondary N) is 1. The van der Waals surface area contributed by atoms with E-state index in [4.69, 9.17) is 9.47 Å². The summed E-state index contributed by atoms with van der Waals surface area (Å²) in [5.41, 5.74) is 3.33. The van der Waals surface area contributed by atoms with Gasteiger partial charge in [0.05, 0.1) is 6.61 Å². The van der Waals surface area contributed by atoms with Crippen LogP contribution >= 0.6 is 0 Å². The van der Waals surface area contributed by atoms with Crippen molar-refractivity contribution in [1.29, 1.82) is 0 Å². The number of carbonyl (C=O) groups excluding carboxylic acids is 1. The molecule has 1 unspecified atom stereocenters. The lowest BCUT2D eigenvalue weighted by Crippen LogP contribution is -2.20. The van der Waals surface area contributed by atoms with Crippen LogP contribution < -0.4 is 10.1 Å². The minimum Gasteiger partial charge on any atom is -0.491 e. The normalized spacial score (nSPS) is 16.8. The van der Waals surface area contributed by atoms with Gasteiger partial charge < -0.3 is 14.8 Å². The summed E-state index contributed by atoms with van der Waals surface area (Å²) in [4.78, 5) is 11.2. The van der Waals surface area contributed by atoms with E-state index in [9.17, 15) is 4.79 Å². The summed E-state index contributed by atoms with van der Waals surface area (Å²) in [6.07, 6.45) is 1.53. The van der Waals surface area contributed by atoms with Crippen molar-refractivity contribution < 1.29 is 14.3 Å². The minimum atomic E-state index is -0.164. The first-order chi connectivity index (χ1) is 9.11. The van der Waals surface area contributed by atoms with Crippen LogP contribution in [-0.4, -0.2) is 25.2 Å². The van der Waals surface area contributed by atoms with E-state index in [-0.39, 0.29) is 12.0 Å². The molecule has 102 valence electrons. The number of rotatable bonds is 6. The summed E-state index contributed by atoms with van der Waals surface area (Å²) >= 11 is 0. The van der Waals surface area contributed by atoms with Gasteiger partial charge in [0.15, 0.2) is 0 Å². The lowest BCUT2D eigenvalue weighted by molar-refractivity contribution is -0.116. The highest BCUT2D eigenvalue weighted by atomic mass is 16.6. The maximum Gasteiger partial charge on any atom is 0.243 e. The van der Waals surface area contributed by atoms with Crippen molar-refractivity contribution in [1.82, 2.24) is 5.32 Å². The Morgan fingerprint density at radius 3 is 2.89 bits per heavy atom. The fraction of sp³-hybridized carbons (Fsp3) is 0.400. The maximum absolute atomic E-state index is 11.2. The molecular formula is C15H19NO3. The van der Waals surface area contributed by atoms with E-state index in [1.807, 2.05) is 26.0 Å². The Balaban J connectivity index is 2.02. The second-order valence-corrected chi connectivity index (χ2v) is 4.66. The predicted molar refractivity (Wildman–Crippen MR) is 73.2 cm³/mol. The maximum atomic E-state index is 11.2. The van der Waals surface area contributed by atoms with E-state index in [0.29, 0.717) is 13.2 Å². The fourth-order valence-corrected chi connectivity index (χ4v) is 1.80. The molecule has 1 saturated heterocycles. The predicted octanol–water partition coefficient (Wildman–Crippen LogP) is 1.88. The first kappa shape index (κ1) is 13.6. The molecular weight excluding hydrogens is 242 g/mol. The molecule has 4 heteroatoms. The number of carbonyl (C=O) groups is 1. The Morgan fingerprint density at radius 1 is 1.53 bits per heavy atom. The third-order valence-corrected chi connectivity index (χ3v) is 3.32. The van der Waals surface area contributed by atoms with Gasteiger partial charge in [-0.25, -0.2) is 0 Å². The molecule has 1 aliphatic rings. The van der Waals surface area contributed by atoms with Crippen LogP contribution in [0.15, 0.2) is 24.8 Å². The van der Waals surface area contributed by atoms with Gasteiger partial charge in [-0.05, 0) is 42.7 Å². The molecule has 1 aliphatic heterocycles. The first-order valence-corrected chi connectivity index (χ1v) is 6.35. The Morgan fingerprint density at radius 2 is 2.26 bits per heavy atom. The molecule has 0 aliphatic carbocycles. The van der Waals surface area contributed by atoms with Crippen molar-refractivity contribution in [3.05, 3.63) is 41.5 Å². The Kier molecular flexibility index (Phi) is 4.22. The number of epoxide rings is 1. The lowest BCUT2D eigenvalue weighted by Gasteiger charge is -2.14. The smallest absolute Gasteiger partial charge is 0.243 e. The van der Waals surface area contributed by atoms with E-state index in [0.717, 1.165) is 29.0 Å². The molecule has 0 aromatic heterocycles. The average molecular weight is 261 g/mol. The monoisotopic (exact) mass is 261 g/mol. The van der Waals surface area contributed by atoms with E-state index in [2.05, 4.69) is 11.9 Å². The van der Waals surface area contributed by atoms with Crippen LogP contribution in [-0.2, 0) is 16.1 Å². The standard InChI is InChI=1S/C15H19NO3/c1-4-15(17)16-7-12-5-6-14(11(3)10(12)2)19-9-13-8-18-13/h4-6,13H,1,7-9H2,2-3H3,(H,16,17). The van der Waals surface area contributed by atoms with Crippen molar-refractivity contribution in [3.63, 3.8) is 0 Å². The van der Waals surface area contributed by atoms with Gasteiger partial charge in [0.25, 0.3) is 0 Å². The van der Waals surface area contributed by atoms with Crippen LogP contribution in [0.3, 0.4) is 0 Å². The Labute approximate surface area is 113 Å². The number of hydrogen-bond acceptors (Lipinski definition) is 3. The van der Waals surface area contributed by atoms with E-state index < -0.39 is 0 Å². The molecule has 1 N–H and O–H groups in total. The summed E-state index contributed by atoms with van der Waals surface area (Å²) < 4.78 is 10.8. The molecule has 1 aromatic carbocycles. The second-order valence-electron chi connectivity index (χ2n) is 4.66. The molecule has 0 radical (unpaired) electrons. The van der Waals surface area contributed by atoms with Crippen LogP contribution in [0.4, 0.5) is 0 Å². The highest BCUT2D eigenvalue weighted by Crippen LogP contribution is 2.25. The van der Waals surface area contributed by atoms with Gasteiger partial charge in [0.2, 0.25) is 5.91 Å². The Hall–Kier alpha value is -1.81. The molecule has 1 heterocycles. The zero-order valence-electron chi connectivity index (χ0n) is 11.4. The van der Waals surface area contributed by atoms with Gasteiger partial charge in [0, 0.05) is 6.54 Å². The zero-order valence-corrected chi connectivity index (χ0v) is 11.4. The first-order valence-electron chi connectivity index (χ1n) is 6.35. The summed E-state index contributed by atoms with van der Waals surface area (Å²) in [6.45, 7) is 9.39. The quantitative estimate of drug-likeness (QED) is 0.628. The average Bonchev–Trinajstić information content (AvgIpc) is 3.23. The third kappa shape index (κ3) is 3.58. The summed E-state index contributed by atoms with van der Waals surface area (Å²) in [6, 6.07) is 3.93. The SMILES string of the molecule is C=CC(=O)NCc1ccc(OCC2CO2)c(C)c1C. The van der Waals surface area contributed by atoms with Crippen molar-refractivity contribution >= 4 is 5.91 Å². The van der Waals surface area contributed by atoms with Crippen molar-refractivity contribution in [2.24, 2.45) is 0 Å². The molecule has 1 amide bonds. The minimum absolute atomic E-state index is 0.164. The van der Waals surface area contributed by atoms with Gasteiger partial charge in [0.1, 0.15) is 18.5 Å². The molecule has 0 spiro atoms. The van der Waals surface area contributed by atoms with Crippen molar-refractivity contribution in [3.8, 4) is 5.75 Å². The summed E-state index contributed by atoms with van der Waals surface area (Å²) in [5, 5.41) is 2.78. The van der Waals surface area contributed by atoms with Crippen LogP contribution in [0.1, 0.15) is 16.7 Å². The van der Waals surface area contributed by atoms with Gasteiger partial charge in [-0.2, -0.15) is 0 Å². The third-order valence-electron chi connectivity index (χ3n) is 3.32. The Bertz CT molecular complexity index is 492. The van der Waals surface area contributed by atoms with Gasteiger partial charge >= 0.3 is 0 Å². The van der Waals surface area contributed by atoms with Crippen LogP contribution in [0.5, 0.6) is 5.75 Å². The highest BCUT2D eigenvalue weighted by Gasteiger charge is 2.23. The molecule has 2 rings (SSSR count).